The molecule has 0 amide bonds. The average molecular weight is 598 g/mol. The third-order valence-corrected chi connectivity index (χ3v) is 4.01. The standard InChI is InChI=1S/C21H25NO.3ClH.W/c1-13-10-16(4)20(17(5)11-13)19(23)12-18(6)22-21-14(2)8-7-9-15(21)3;;;;/h7-12,23H,1-6H3;3*1H;/q;;;;+3/p-3/b19-12-,22-18?;;;;. The Hall–Kier alpha value is -0.792. The van der Waals surface area contributed by atoms with Gasteiger partial charge in [0.05, 0.1) is 5.69 Å². The van der Waals surface area contributed by atoms with Gasteiger partial charge in [-0.2, -0.15) is 0 Å². The summed E-state index contributed by atoms with van der Waals surface area (Å²) in [7, 11) is 15.0. The number of hydrogen-bond donors (Lipinski definition) is 1. The number of aliphatic hydroxyl groups is 1. The molecule has 0 fully saturated rings. The van der Waals surface area contributed by atoms with Crippen molar-refractivity contribution in [3.8, 4) is 0 Å². The van der Waals surface area contributed by atoms with E-state index < -0.39 is 14.2 Å². The topological polar surface area (TPSA) is 32.6 Å². The Morgan fingerprint density at radius 1 is 0.926 bits per heavy atom. The van der Waals surface area contributed by atoms with Gasteiger partial charge in [-0.3, -0.25) is 4.99 Å². The summed E-state index contributed by atoms with van der Waals surface area (Å²) >= 11 is -2.11. The van der Waals surface area contributed by atoms with Gasteiger partial charge in [-0.25, -0.2) is 0 Å². The summed E-state index contributed by atoms with van der Waals surface area (Å²) in [5.74, 6) is 0.271. The molecular weight excluding hydrogens is 572 g/mol. The second kappa shape index (κ2) is 11.3. The van der Waals surface area contributed by atoms with E-state index in [1.165, 1.54) is 5.56 Å². The van der Waals surface area contributed by atoms with E-state index in [0.717, 1.165) is 39.2 Å². The van der Waals surface area contributed by atoms with E-state index in [4.69, 9.17) is 28.3 Å². The van der Waals surface area contributed by atoms with Gasteiger partial charge in [0, 0.05) is 17.4 Å². The van der Waals surface area contributed by atoms with Crippen LogP contribution in [0, 0.1) is 34.6 Å². The van der Waals surface area contributed by atoms with Gasteiger partial charge >= 0.3 is 42.4 Å². The Morgan fingerprint density at radius 2 is 1.37 bits per heavy atom. The first kappa shape index (κ1) is 24.2. The van der Waals surface area contributed by atoms with Crippen molar-refractivity contribution in [3.63, 3.8) is 0 Å². The molecule has 147 valence electrons. The van der Waals surface area contributed by atoms with Crippen LogP contribution in [-0.2, 0) is 14.2 Å². The number of allylic oxidation sites excluding steroid dienone is 1. The minimum absolute atomic E-state index is 0.271. The molecule has 1 N–H and O–H groups in total. The average Bonchev–Trinajstić information content (AvgIpc) is 2.49. The molecule has 0 atom stereocenters. The molecule has 0 aliphatic carbocycles. The van der Waals surface area contributed by atoms with Crippen molar-refractivity contribution in [2.24, 2.45) is 4.99 Å². The summed E-state index contributed by atoms with van der Waals surface area (Å²) in [5.41, 5.74) is 8.31. The first-order chi connectivity index (χ1) is 12.5. The van der Waals surface area contributed by atoms with Gasteiger partial charge in [-0.05, 0) is 63.8 Å². The van der Waals surface area contributed by atoms with Crippen molar-refractivity contribution in [2.75, 3.05) is 0 Å². The van der Waals surface area contributed by atoms with E-state index in [2.05, 4.69) is 50.0 Å². The molecule has 2 rings (SSSR count). The number of halogens is 3. The SMILES string of the molecule is CC(/C=C(\O)c1c(C)cc(C)cc1C)=Nc1c(C)cccc1C.[Cl][W]([Cl])[Cl]. The summed E-state index contributed by atoms with van der Waals surface area (Å²) in [4.78, 5) is 4.68. The number of nitrogens with zero attached hydrogens (tertiary/aromatic N) is 1. The molecule has 0 saturated carbocycles. The molecule has 0 unspecified atom stereocenters. The quantitative estimate of drug-likeness (QED) is 0.282. The fourth-order valence-corrected chi connectivity index (χ4v) is 3.04. The first-order valence-electron chi connectivity index (χ1n) is 8.36. The van der Waals surface area contributed by atoms with Gasteiger partial charge in [0.25, 0.3) is 0 Å². The van der Waals surface area contributed by atoms with Gasteiger partial charge in [-0.1, -0.05) is 35.9 Å². The molecule has 0 heterocycles. The van der Waals surface area contributed by atoms with Crippen LogP contribution in [0.15, 0.2) is 41.4 Å². The van der Waals surface area contributed by atoms with E-state index in [1.54, 1.807) is 6.08 Å². The molecule has 0 aliphatic rings. The predicted octanol–water partition coefficient (Wildman–Crippen LogP) is 7.99. The summed E-state index contributed by atoms with van der Waals surface area (Å²) < 4.78 is 0. The fourth-order valence-electron chi connectivity index (χ4n) is 3.04. The van der Waals surface area contributed by atoms with Crippen molar-refractivity contribution in [2.45, 2.75) is 41.5 Å². The van der Waals surface area contributed by atoms with Crippen molar-refractivity contribution in [1.82, 2.24) is 0 Å². The van der Waals surface area contributed by atoms with Crippen LogP contribution in [0.4, 0.5) is 5.69 Å². The van der Waals surface area contributed by atoms with E-state index in [-0.39, 0.29) is 5.76 Å². The van der Waals surface area contributed by atoms with Gasteiger partial charge in [0.2, 0.25) is 0 Å². The van der Waals surface area contributed by atoms with Gasteiger partial charge in [-0.15, -0.1) is 0 Å². The molecule has 2 aromatic rings. The van der Waals surface area contributed by atoms with Crippen molar-refractivity contribution in [3.05, 3.63) is 69.8 Å². The van der Waals surface area contributed by atoms with Gasteiger partial charge < -0.3 is 5.11 Å². The Bertz CT molecular complexity index is 814. The van der Waals surface area contributed by atoms with Crippen LogP contribution in [0.25, 0.3) is 5.76 Å². The maximum atomic E-state index is 10.5. The molecule has 0 saturated heterocycles. The molecule has 27 heavy (non-hydrogen) atoms. The molecule has 0 radical (unpaired) electrons. The van der Waals surface area contributed by atoms with Crippen LogP contribution in [0.2, 0.25) is 0 Å². The molecule has 2 aromatic carbocycles. The van der Waals surface area contributed by atoms with Crippen LogP contribution in [0.5, 0.6) is 0 Å². The number of aryl methyl sites for hydroxylation is 5. The zero-order valence-corrected chi connectivity index (χ0v) is 21.6. The van der Waals surface area contributed by atoms with Crippen molar-refractivity contribution in [1.29, 1.82) is 0 Å². The molecule has 0 aromatic heterocycles. The van der Waals surface area contributed by atoms with E-state index in [1.807, 2.05) is 26.8 Å². The van der Waals surface area contributed by atoms with Crippen LogP contribution >= 0.6 is 28.3 Å². The van der Waals surface area contributed by atoms with E-state index in [9.17, 15) is 5.11 Å². The molecule has 2 nitrogen and oxygen atoms in total. The number of para-hydroxylation sites is 1. The molecule has 0 bridgehead atoms. The molecule has 0 spiro atoms. The summed E-state index contributed by atoms with van der Waals surface area (Å²) in [5, 5.41) is 10.5. The number of aliphatic hydroxyl groups excluding tert-OH is 1. The number of benzene rings is 2. The first-order valence-corrected chi connectivity index (χ1v) is 19.3. The van der Waals surface area contributed by atoms with Crippen LogP contribution in [-0.4, -0.2) is 10.8 Å². The second-order valence-corrected chi connectivity index (χ2v) is 19.2. The zero-order valence-electron chi connectivity index (χ0n) is 16.4. The Balaban J connectivity index is 0.000000828. The Labute approximate surface area is 180 Å². The predicted molar refractivity (Wildman–Crippen MR) is 118 cm³/mol. The molecule has 0 aliphatic heterocycles. The van der Waals surface area contributed by atoms with Gasteiger partial charge in [0.15, 0.2) is 0 Å². The van der Waals surface area contributed by atoms with Crippen LogP contribution < -0.4 is 0 Å². The minimum atomic E-state index is -2.11. The second-order valence-electron chi connectivity index (χ2n) is 6.47. The zero-order chi connectivity index (χ0) is 20.7. The third kappa shape index (κ3) is 8.00. The summed E-state index contributed by atoms with van der Waals surface area (Å²) in [6.45, 7) is 12.1. The number of hydrogen-bond acceptors (Lipinski definition) is 2. The molecular formula is C21H25Cl3NOW. The van der Waals surface area contributed by atoms with Crippen LogP contribution in [0.3, 0.4) is 0 Å². The van der Waals surface area contributed by atoms with Crippen molar-refractivity contribution < 1.29 is 19.3 Å². The maximum absolute atomic E-state index is 10.5. The molecule has 6 heteroatoms. The number of rotatable bonds is 3. The Morgan fingerprint density at radius 3 is 1.81 bits per heavy atom. The third-order valence-electron chi connectivity index (χ3n) is 4.01. The van der Waals surface area contributed by atoms with E-state index >= 15 is 0 Å². The number of aliphatic imine (C=N–C) groups is 1. The van der Waals surface area contributed by atoms with E-state index in [0.29, 0.717) is 0 Å². The van der Waals surface area contributed by atoms with Crippen molar-refractivity contribution >= 4 is 45.4 Å². The monoisotopic (exact) mass is 596 g/mol. The Kier molecular flexibility index (Phi) is 10.1. The normalized spacial score (nSPS) is 12.1. The van der Waals surface area contributed by atoms with Gasteiger partial charge in [0.1, 0.15) is 5.76 Å². The fraction of sp³-hybridized carbons (Fsp3) is 0.286. The summed E-state index contributed by atoms with van der Waals surface area (Å²) in [6, 6.07) is 10.3. The summed E-state index contributed by atoms with van der Waals surface area (Å²) in [6.07, 6.45) is 1.75. The van der Waals surface area contributed by atoms with Crippen LogP contribution in [0.1, 0.15) is 40.3 Å².